The Labute approximate surface area is 148 Å². The lowest BCUT2D eigenvalue weighted by Crippen LogP contribution is -3.27. The largest absolute Gasteiger partial charge is 0.328 e. The van der Waals surface area contributed by atoms with Crippen LogP contribution in [0.25, 0.3) is 0 Å². The summed E-state index contributed by atoms with van der Waals surface area (Å²) in [6, 6.07) is 6.87. The van der Waals surface area contributed by atoms with Crippen LogP contribution in [0.2, 0.25) is 0 Å². The van der Waals surface area contributed by atoms with Gasteiger partial charge in [0.1, 0.15) is 32.0 Å². The number of aryl methyl sites for hydroxylation is 1. The molecule has 25 heavy (non-hydrogen) atoms. The van der Waals surface area contributed by atoms with Gasteiger partial charge in [-0.3, -0.25) is 0 Å². The van der Waals surface area contributed by atoms with Crippen LogP contribution >= 0.6 is 0 Å². The third kappa shape index (κ3) is 4.41. The Hall–Kier alpha value is -1.86. The number of piperazine rings is 1. The van der Waals surface area contributed by atoms with Gasteiger partial charge in [0, 0.05) is 12.1 Å². The second kappa shape index (κ2) is 8.01. The van der Waals surface area contributed by atoms with Gasteiger partial charge in [-0.25, -0.2) is 9.07 Å². The number of tetrazole rings is 1. The molecule has 6 nitrogen and oxygen atoms in total. The molecule has 1 aliphatic rings. The summed E-state index contributed by atoms with van der Waals surface area (Å²) in [6.07, 6.45) is 1.04. The molecular weight excluding hydrogens is 319 g/mol. The number of hydrogen-bond acceptors (Lipinski definition) is 3. The van der Waals surface area contributed by atoms with Crippen molar-refractivity contribution in [2.24, 2.45) is 5.92 Å². The molecule has 2 heterocycles. The van der Waals surface area contributed by atoms with E-state index >= 15 is 0 Å². The van der Waals surface area contributed by atoms with E-state index in [2.05, 4.69) is 36.4 Å². The van der Waals surface area contributed by atoms with E-state index in [1.54, 1.807) is 4.90 Å². The van der Waals surface area contributed by atoms with Gasteiger partial charge in [0.05, 0.1) is 7.05 Å². The summed E-state index contributed by atoms with van der Waals surface area (Å²) in [5, 5.41) is 12.5. The van der Waals surface area contributed by atoms with Crippen LogP contribution in [0.15, 0.2) is 24.3 Å². The lowest BCUT2D eigenvalue weighted by molar-refractivity contribution is -1.02. The monoisotopic (exact) mass is 348 g/mol. The first-order valence-corrected chi connectivity index (χ1v) is 9.22. The summed E-state index contributed by atoms with van der Waals surface area (Å²) in [5.74, 6) is 1.28. The number of nitrogens with one attached hydrogen (secondary N) is 2. The van der Waals surface area contributed by atoms with Crippen LogP contribution in [0, 0.1) is 11.7 Å². The molecule has 0 saturated carbocycles. The van der Waals surface area contributed by atoms with Crippen LogP contribution in [0.4, 0.5) is 4.39 Å². The number of hydrogen-bond donors (Lipinski definition) is 2. The van der Waals surface area contributed by atoms with Gasteiger partial charge >= 0.3 is 0 Å². The second-order valence-electron chi connectivity index (χ2n) is 7.54. The Bertz CT molecular complexity index is 660. The van der Waals surface area contributed by atoms with Crippen molar-refractivity contribution in [3.63, 3.8) is 0 Å². The van der Waals surface area contributed by atoms with Crippen molar-refractivity contribution in [3.8, 4) is 0 Å². The van der Waals surface area contributed by atoms with E-state index in [0.29, 0.717) is 5.92 Å². The first kappa shape index (κ1) is 17.9. The molecule has 1 aromatic carbocycles. The van der Waals surface area contributed by atoms with Gasteiger partial charge in [0.15, 0.2) is 6.04 Å². The van der Waals surface area contributed by atoms with E-state index in [-0.39, 0.29) is 11.9 Å². The molecule has 0 unspecified atom stereocenters. The Morgan fingerprint density at radius 1 is 1.12 bits per heavy atom. The Morgan fingerprint density at radius 2 is 1.80 bits per heavy atom. The molecule has 136 valence electrons. The summed E-state index contributed by atoms with van der Waals surface area (Å²) in [5.41, 5.74) is 1.08. The van der Waals surface area contributed by atoms with Gasteiger partial charge in [-0.1, -0.05) is 13.8 Å². The van der Waals surface area contributed by atoms with Gasteiger partial charge in [-0.05, 0) is 47.0 Å². The number of halogens is 1. The maximum absolute atomic E-state index is 13.4. The number of likely N-dealkylation sites (N-methyl/N-ethyl adjacent to an activating group) is 1. The first-order chi connectivity index (χ1) is 12.0. The highest BCUT2D eigenvalue weighted by atomic mass is 19.1. The van der Waals surface area contributed by atoms with Crippen molar-refractivity contribution >= 4 is 0 Å². The smallest absolute Gasteiger partial charge is 0.214 e. The van der Waals surface area contributed by atoms with Gasteiger partial charge in [0.25, 0.3) is 0 Å². The van der Waals surface area contributed by atoms with Crippen LogP contribution in [-0.2, 0) is 6.54 Å². The lowest BCUT2D eigenvalue weighted by atomic mass is 10.0. The third-order valence-electron chi connectivity index (χ3n) is 5.09. The predicted octanol–water partition coefficient (Wildman–Crippen LogP) is -0.639. The molecule has 0 radical (unpaired) electrons. The Morgan fingerprint density at radius 3 is 2.44 bits per heavy atom. The molecule has 2 aromatic rings. The molecule has 1 fully saturated rings. The van der Waals surface area contributed by atoms with E-state index in [9.17, 15) is 4.39 Å². The van der Waals surface area contributed by atoms with Crippen LogP contribution in [0.5, 0.6) is 0 Å². The lowest BCUT2D eigenvalue weighted by Gasteiger charge is -2.32. The predicted molar refractivity (Wildman–Crippen MR) is 92.8 cm³/mol. The maximum Gasteiger partial charge on any atom is 0.214 e. The van der Waals surface area contributed by atoms with E-state index in [1.165, 1.54) is 17.0 Å². The molecule has 1 aliphatic heterocycles. The normalized spacial score (nSPS) is 22.3. The summed E-state index contributed by atoms with van der Waals surface area (Å²) in [7, 11) is 2.23. The Balaban J connectivity index is 1.91. The Kier molecular flexibility index (Phi) is 5.75. The van der Waals surface area contributed by atoms with E-state index in [1.807, 2.05) is 16.8 Å². The van der Waals surface area contributed by atoms with E-state index in [0.717, 1.165) is 50.5 Å². The van der Waals surface area contributed by atoms with Crippen molar-refractivity contribution in [3.05, 3.63) is 41.5 Å². The van der Waals surface area contributed by atoms with Gasteiger partial charge < -0.3 is 9.80 Å². The van der Waals surface area contributed by atoms with Crippen LogP contribution in [0.1, 0.15) is 37.7 Å². The van der Waals surface area contributed by atoms with Gasteiger partial charge in [-0.15, -0.1) is 5.10 Å². The SMILES string of the molecule is CC(C)CCn1nnnc1[C@H](c1ccc(F)cc1)[NH+]1CC[NH+](C)CC1. The third-order valence-corrected chi connectivity index (χ3v) is 5.09. The van der Waals surface area contributed by atoms with Crippen LogP contribution in [-0.4, -0.2) is 53.4 Å². The van der Waals surface area contributed by atoms with Gasteiger partial charge in [-0.2, -0.15) is 0 Å². The molecule has 1 atom stereocenters. The average Bonchev–Trinajstić information content (AvgIpc) is 3.05. The number of nitrogens with zero attached hydrogens (tertiary/aromatic N) is 4. The molecule has 1 aromatic heterocycles. The fourth-order valence-corrected chi connectivity index (χ4v) is 3.47. The topological polar surface area (TPSA) is 52.5 Å². The zero-order valence-corrected chi connectivity index (χ0v) is 15.4. The minimum absolute atomic E-state index is 0.0517. The number of benzene rings is 1. The molecule has 0 aliphatic carbocycles. The highest BCUT2D eigenvalue weighted by Crippen LogP contribution is 2.18. The van der Waals surface area contributed by atoms with Gasteiger partial charge in [0.2, 0.25) is 5.82 Å². The minimum Gasteiger partial charge on any atom is -0.328 e. The van der Waals surface area contributed by atoms with Crippen molar-refractivity contribution < 1.29 is 14.2 Å². The number of quaternary nitrogens is 2. The molecular formula is C18H29FN6+2. The van der Waals surface area contributed by atoms with E-state index < -0.39 is 0 Å². The molecule has 7 heteroatoms. The highest BCUT2D eigenvalue weighted by molar-refractivity contribution is 5.23. The van der Waals surface area contributed by atoms with Crippen molar-refractivity contribution in [1.82, 2.24) is 20.2 Å². The quantitative estimate of drug-likeness (QED) is 0.730. The first-order valence-electron chi connectivity index (χ1n) is 9.22. The number of rotatable bonds is 6. The minimum atomic E-state index is -0.209. The maximum atomic E-state index is 13.4. The molecule has 0 spiro atoms. The van der Waals surface area contributed by atoms with Crippen LogP contribution < -0.4 is 9.80 Å². The summed E-state index contributed by atoms with van der Waals surface area (Å²) >= 11 is 0. The fourth-order valence-electron chi connectivity index (χ4n) is 3.47. The second-order valence-corrected chi connectivity index (χ2v) is 7.54. The average molecular weight is 348 g/mol. The zero-order valence-electron chi connectivity index (χ0n) is 15.4. The summed E-state index contributed by atoms with van der Waals surface area (Å²) in [4.78, 5) is 3.01. The molecule has 1 saturated heterocycles. The summed E-state index contributed by atoms with van der Waals surface area (Å²) < 4.78 is 15.4. The summed E-state index contributed by atoms with van der Waals surface area (Å²) in [6.45, 7) is 9.60. The van der Waals surface area contributed by atoms with Crippen molar-refractivity contribution in [2.75, 3.05) is 33.2 Å². The molecule has 0 amide bonds. The van der Waals surface area contributed by atoms with Crippen LogP contribution in [0.3, 0.4) is 0 Å². The standard InChI is InChI=1S/C18H27FN6/c1-14(2)8-9-25-18(20-21-22-25)17(15-4-6-16(19)7-5-15)24-12-10-23(3)11-13-24/h4-7,14,17H,8-13H2,1-3H3/p+2/t17-/m0/s1. The van der Waals surface area contributed by atoms with Crippen molar-refractivity contribution in [1.29, 1.82) is 0 Å². The van der Waals surface area contributed by atoms with Crippen molar-refractivity contribution in [2.45, 2.75) is 32.9 Å². The molecule has 2 N–H and O–H groups in total. The van der Waals surface area contributed by atoms with E-state index in [4.69, 9.17) is 0 Å². The molecule has 3 rings (SSSR count). The zero-order chi connectivity index (χ0) is 17.8. The highest BCUT2D eigenvalue weighted by Gasteiger charge is 2.34. The molecule has 0 bridgehead atoms. The fraction of sp³-hybridized carbons (Fsp3) is 0.611. The number of aromatic nitrogens is 4.